The van der Waals surface area contributed by atoms with Gasteiger partial charge in [0.1, 0.15) is 0 Å². The molecule has 3 nitrogen and oxygen atoms in total. The first-order chi connectivity index (χ1) is 12.7. The van der Waals surface area contributed by atoms with Gasteiger partial charge in [-0.05, 0) is 55.2 Å². The quantitative estimate of drug-likeness (QED) is 0.627. The van der Waals surface area contributed by atoms with Crippen LogP contribution in [0.25, 0.3) is 11.3 Å². The number of carbonyl (C=O) groups excluding carboxylic acids is 1. The maximum absolute atomic E-state index is 12.4. The Hall–Kier alpha value is -2.94. The second-order valence-corrected chi connectivity index (χ2v) is 6.50. The largest absolute Gasteiger partial charge is 0.322 e. The van der Waals surface area contributed by atoms with E-state index in [0.29, 0.717) is 5.56 Å². The van der Waals surface area contributed by atoms with E-state index in [1.807, 2.05) is 42.5 Å². The van der Waals surface area contributed by atoms with E-state index < -0.39 is 0 Å². The van der Waals surface area contributed by atoms with E-state index in [9.17, 15) is 4.79 Å². The van der Waals surface area contributed by atoms with E-state index in [1.165, 1.54) is 24.0 Å². The van der Waals surface area contributed by atoms with Crippen LogP contribution in [0.5, 0.6) is 0 Å². The van der Waals surface area contributed by atoms with Crippen LogP contribution in [0.1, 0.15) is 41.3 Å². The average Bonchev–Trinajstić information content (AvgIpc) is 2.68. The van der Waals surface area contributed by atoms with E-state index in [2.05, 4.69) is 42.3 Å². The van der Waals surface area contributed by atoms with Crippen molar-refractivity contribution in [2.24, 2.45) is 0 Å². The molecule has 0 unspecified atom stereocenters. The summed E-state index contributed by atoms with van der Waals surface area (Å²) in [6, 6.07) is 19.9. The van der Waals surface area contributed by atoms with Gasteiger partial charge in [0.05, 0.1) is 11.3 Å². The molecule has 0 aliphatic rings. The molecule has 3 aromatic rings. The Balaban J connectivity index is 1.67. The summed E-state index contributed by atoms with van der Waals surface area (Å²) in [5.74, 6) is -0.143. The molecule has 0 aliphatic carbocycles. The summed E-state index contributed by atoms with van der Waals surface area (Å²) in [5.41, 5.74) is 5.78. The molecule has 0 bridgehead atoms. The molecule has 3 heteroatoms. The summed E-state index contributed by atoms with van der Waals surface area (Å²) in [6.45, 7) is 4.24. The lowest BCUT2D eigenvalue weighted by Crippen LogP contribution is -2.12. The fourth-order valence-electron chi connectivity index (χ4n) is 2.89. The summed E-state index contributed by atoms with van der Waals surface area (Å²) < 4.78 is 0. The van der Waals surface area contributed by atoms with Crippen LogP contribution in [0.4, 0.5) is 5.69 Å². The molecule has 1 N–H and O–H groups in total. The average molecular weight is 344 g/mol. The third-order valence-electron chi connectivity index (χ3n) is 4.48. The van der Waals surface area contributed by atoms with Gasteiger partial charge in [-0.2, -0.15) is 0 Å². The number of anilines is 1. The predicted octanol–water partition coefficient (Wildman–Crippen LogP) is 5.65. The van der Waals surface area contributed by atoms with Gasteiger partial charge in [-0.1, -0.05) is 49.7 Å². The van der Waals surface area contributed by atoms with Crippen molar-refractivity contribution in [3.05, 3.63) is 83.6 Å². The topological polar surface area (TPSA) is 42.0 Å². The fourth-order valence-corrected chi connectivity index (χ4v) is 2.89. The molecule has 1 heterocycles. The molecule has 0 saturated heterocycles. The highest BCUT2D eigenvalue weighted by atomic mass is 16.1. The first-order valence-electron chi connectivity index (χ1n) is 9.09. The van der Waals surface area contributed by atoms with Gasteiger partial charge in [0.15, 0.2) is 0 Å². The number of aromatic nitrogens is 1. The molecular weight excluding hydrogens is 320 g/mol. The predicted molar refractivity (Wildman–Crippen MR) is 107 cm³/mol. The second-order valence-electron chi connectivity index (χ2n) is 6.50. The number of carbonyl (C=O) groups is 1. The summed E-state index contributed by atoms with van der Waals surface area (Å²) in [7, 11) is 0. The molecule has 0 aliphatic heterocycles. The van der Waals surface area contributed by atoms with Crippen molar-refractivity contribution in [3.8, 4) is 11.3 Å². The second kappa shape index (κ2) is 8.43. The number of rotatable bonds is 6. The molecular formula is C23H24N2O. The Morgan fingerprint density at radius 1 is 1.00 bits per heavy atom. The minimum Gasteiger partial charge on any atom is -0.322 e. The van der Waals surface area contributed by atoms with Crippen LogP contribution in [0, 0.1) is 6.92 Å². The van der Waals surface area contributed by atoms with Crippen molar-refractivity contribution in [1.29, 1.82) is 0 Å². The number of hydrogen-bond acceptors (Lipinski definition) is 2. The molecule has 1 aromatic heterocycles. The van der Waals surface area contributed by atoms with Crippen molar-refractivity contribution < 1.29 is 4.79 Å². The first-order valence-corrected chi connectivity index (χ1v) is 9.09. The third-order valence-corrected chi connectivity index (χ3v) is 4.48. The normalized spacial score (nSPS) is 10.5. The summed E-state index contributed by atoms with van der Waals surface area (Å²) >= 11 is 0. The summed E-state index contributed by atoms with van der Waals surface area (Å²) in [4.78, 5) is 16.9. The van der Waals surface area contributed by atoms with Crippen molar-refractivity contribution in [2.75, 3.05) is 5.32 Å². The van der Waals surface area contributed by atoms with Crippen LogP contribution in [-0.4, -0.2) is 10.9 Å². The Kier molecular flexibility index (Phi) is 5.80. The lowest BCUT2D eigenvalue weighted by Gasteiger charge is -2.08. The third kappa shape index (κ3) is 4.37. The molecule has 0 saturated carbocycles. The van der Waals surface area contributed by atoms with Crippen LogP contribution in [0.15, 0.2) is 66.9 Å². The highest BCUT2D eigenvalue weighted by Crippen LogP contribution is 2.21. The van der Waals surface area contributed by atoms with Crippen LogP contribution >= 0.6 is 0 Å². The standard InChI is InChI=1S/C23H24N2O/c1-3-4-8-18-10-13-20(14-11-18)25-23(26)19-12-15-22(24-16-19)21-9-6-5-7-17(21)2/h5-7,9-16H,3-4,8H2,1-2H3,(H,25,26). The van der Waals surface area contributed by atoms with Crippen LogP contribution < -0.4 is 5.32 Å². The summed E-state index contributed by atoms with van der Waals surface area (Å²) in [5, 5.41) is 2.93. The number of unbranched alkanes of at least 4 members (excludes halogenated alkanes) is 1. The number of nitrogens with one attached hydrogen (secondary N) is 1. The maximum Gasteiger partial charge on any atom is 0.257 e. The molecule has 26 heavy (non-hydrogen) atoms. The van der Waals surface area contributed by atoms with E-state index in [-0.39, 0.29) is 5.91 Å². The van der Waals surface area contributed by atoms with Crippen molar-refractivity contribution >= 4 is 11.6 Å². The number of amides is 1. The zero-order valence-electron chi connectivity index (χ0n) is 15.3. The molecule has 0 radical (unpaired) electrons. The van der Waals surface area contributed by atoms with Gasteiger partial charge < -0.3 is 5.32 Å². The number of pyridine rings is 1. The van der Waals surface area contributed by atoms with Gasteiger partial charge in [0, 0.05) is 17.4 Å². The maximum atomic E-state index is 12.4. The highest BCUT2D eigenvalue weighted by molar-refractivity contribution is 6.04. The minimum absolute atomic E-state index is 0.143. The van der Waals surface area contributed by atoms with Crippen LogP contribution in [-0.2, 0) is 6.42 Å². The van der Waals surface area contributed by atoms with Crippen molar-refractivity contribution in [1.82, 2.24) is 4.98 Å². The monoisotopic (exact) mass is 344 g/mol. The Morgan fingerprint density at radius 3 is 2.42 bits per heavy atom. The Labute approximate surface area is 155 Å². The number of aryl methyl sites for hydroxylation is 2. The van der Waals surface area contributed by atoms with Gasteiger partial charge in [0.2, 0.25) is 0 Å². The number of nitrogens with zero attached hydrogens (tertiary/aromatic N) is 1. The first kappa shape index (κ1) is 17.9. The van der Waals surface area contributed by atoms with E-state index in [4.69, 9.17) is 0 Å². The van der Waals surface area contributed by atoms with E-state index in [0.717, 1.165) is 23.4 Å². The Morgan fingerprint density at radius 2 is 1.77 bits per heavy atom. The molecule has 132 valence electrons. The van der Waals surface area contributed by atoms with Gasteiger partial charge >= 0.3 is 0 Å². The number of benzene rings is 2. The molecule has 3 rings (SSSR count). The highest BCUT2D eigenvalue weighted by Gasteiger charge is 2.08. The van der Waals surface area contributed by atoms with Crippen LogP contribution in [0.2, 0.25) is 0 Å². The lowest BCUT2D eigenvalue weighted by atomic mass is 10.0. The molecule has 0 spiro atoms. The van der Waals surface area contributed by atoms with Crippen LogP contribution in [0.3, 0.4) is 0 Å². The lowest BCUT2D eigenvalue weighted by molar-refractivity contribution is 0.102. The van der Waals surface area contributed by atoms with Crippen molar-refractivity contribution in [3.63, 3.8) is 0 Å². The molecule has 0 fully saturated rings. The number of hydrogen-bond donors (Lipinski definition) is 1. The Bertz CT molecular complexity index is 867. The van der Waals surface area contributed by atoms with Gasteiger partial charge in [-0.25, -0.2) is 0 Å². The SMILES string of the molecule is CCCCc1ccc(NC(=O)c2ccc(-c3ccccc3C)nc2)cc1. The van der Waals surface area contributed by atoms with Crippen molar-refractivity contribution in [2.45, 2.75) is 33.1 Å². The zero-order valence-corrected chi connectivity index (χ0v) is 15.3. The van der Waals surface area contributed by atoms with E-state index >= 15 is 0 Å². The smallest absolute Gasteiger partial charge is 0.257 e. The van der Waals surface area contributed by atoms with Gasteiger partial charge in [-0.3, -0.25) is 9.78 Å². The van der Waals surface area contributed by atoms with Gasteiger partial charge in [0.25, 0.3) is 5.91 Å². The summed E-state index contributed by atoms with van der Waals surface area (Å²) in [6.07, 6.45) is 5.08. The molecule has 0 atom stereocenters. The molecule has 2 aromatic carbocycles. The zero-order chi connectivity index (χ0) is 18.4. The molecule has 1 amide bonds. The van der Waals surface area contributed by atoms with E-state index in [1.54, 1.807) is 6.20 Å². The fraction of sp³-hybridized carbons (Fsp3) is 0.217. The van der Waals surface area contributed by atoms with Gasteiger partial charge in [-0.15, -0.1) is 0 Å². The minimum atomic E-state index is -0.143.